The van der Waals surface area contributed by atoms with Crippen molar-refractivity contribution in [2.75, 3.05) is 19.7 Å². The summed E-state index contributed by atoms with van der Waals surface area (Å²) in [6.45, 7) is 7.23. The standard InChI is InChI=1S/C16H25NO2/c1-3-8-17-12-16(7-9-19-13(16)2)11-14-5-4-6-15(18)10-14/h4-6,10,13,17-18H,3,7-9,11-12H2,1-2H3. The lowest BCUT2D eigenvalue weighted by atomic mass is 9.76. The van der Waals surface area contributed by atoms with Crippen molar-refractivity contribution in [3.8, 4) is 5.75 Å². The third-order valence-electron chi connectivity index (χ3n) is 4.20. The Morgan fingerprint density at radius 1 is 1.47 bits per heavy atom. The highest BCUT2D eigenvalue weighted by atomic mass is 16.5. The lowest BCUT2D eigenvalue weighted by molar-refractivity contribution is 0.0631. The molecule has 2 atom stereocenters. The fraction of sp³-hybridized carbons (Fsp3) is 0.625. The van der Waals surface area contributed by atoms with Gasteiger partial charge in [0.15, 0.2) is 0 Å². The van der Waals surface area contributed by atoms with Gasteiger partial charge in [-0.2, -0.15) is 0 Å². The molecule has 3 nitrogen and oxygen atoms in total. The maximum atomic E-state index is 9.60. The molecule has 0 amide bonds. The number of hydrogen-bond donors (Lipinski definition) is 2. The van der Waals surface area contributed by atoms with Crippen molar-refractivity contribution in [1.82, 2.24) is 5.32 Å². The Labute approximate surface area is 116 Å². The van der Waals surface area contributed by atoms with Gasteiger partial charge in [-0.1, -0.05) is 19.1 Å². The van der Waals surface area contributed by atoms with E-state index in [1.807, 2.05) is 12.1 Å². The molecule has 0 bridgehead atoms. The van der Waals surface area contributed by atoms with E-state index in [0.29, 0.717) is 5.75 Å². The average molecular weight is 263 g/mol. The Kier molecular flexibility index (Phi) is 4.83. The van der Waals surface area contributed by atoms with Gasteiger partial charge in [-0.25, -0.2) is 0 Å². The van der Waals surface area contributed by atoms with Crippen molar-refractivity contribution in [3.63, 3.8) is 0 Å². The zero-order valence-corrected chi connectivity index (χ0v) is 12.0. The molecule has 106 valence electrons. The first-order valence-corrected chi connectivity index (χ1v) is 7.26. The second-order valence-corrected chi connectivity index (χ2v) is 5.65. The highest BCUT2D eigenvalue weighted by Crippen LogP contribution is 2.38. The van der Waals surface area contributed by atoms with E-state index in [1.54, 1.807) is 6.07 Å². The predicted octanol–water partition coefficient (Wildman–Crippen LogP) is 2.73. The number of hydrogen-bond acceptors (Lipinski definition) is 3. The minimum atomic E-state index is 0.156. The molecule has 2 rings (SSSR count). The third kappa shape index (κ3) is 3.48. The van der Waals surface area contributed by atoms with E-state index >= 15 is 0 Å². The van der Waals surface area contributed by atoms with E-state index in [4.69, 9.17) is 4.74 Å². The zero-order valence-electron chi connectivity index (χ0n) is 12.0. The van der Waals surface area contributed by atoms with Gasteiger partial charge >= 0.3 is 0 Å². The summed E-state index contributed by atoms with van der Waals surface area (Å²) in [6, 6.07) is 7.59. The van der Waals surface area contributed by atoms with E-state index in [0.717, 1.165) is 39.0 Å². The van der Waals surface area contributed by atoms with Crippen LogP contribution in [0.15, 0.2) is 24.3 Å². The van der Waals surface area contributed by atoms with Crippen LogP contribution in [0.4, 0.5) is 0 Å². The van der Waals surface area contributed by atoms with E-state index in [9.17, 15) is 5.11 Å². The van der Waals surface area contributed by atoms with Crippen molar-refractivity contribution in [1.29, 1.82) is 0 Å². The average Bonchev–Trinajstić information content (AvgIpc) is 2.71. The smallest absolute Gasteiger partial charge is 0.115 e. The Morgan fingerprint density at radius 3 is 2.95 bits per heavy atom. The fourth-order valence-corrected chi connectivity index (χ4v) is 2.93. The predicted molar refractivity (Wildman–Crippen MR) is 77.4 cm³/mol. The summed E-state index contributed by atoms with van der Waals surface area (Å²) in [7, 11) is 0. The molecule has 1 aliphatic heterocycles. The van der Waals surface area contributed by atoms with Gasteiger partial charge in [-0.05, 0) is 50.4 Å². The van der Waals surface area contributed by atoms with Crippen molar-refractivity contribution in [2.45, 2.75) is 39.2 Å². The second kappa shape index (κ2) is 6.40. The van der Waals surface area contributed by atoms with E-state index in [-0.39, 0.29) is 11.5 Å². The molecule has 0 radical (unpaired) electrons. The van der Waals surface area contributed by atoms with Crippen molar-refractivity contribution >= 4 is 0 Å². The van der Waals surface area contributed by atoms with Gasteiger partial charge in [0.2, 0.25) is 0 Å². The van der Waals surface area contributed by atoms with E-state index in [1.165, 1.54) is 5.56 Å². The molecule has 1 aromatic carbocycles. The largest absolute Gasteiger partial charge is 0.508 e. The zero-order chi connectivity index (χ0) is 13.7. The first-order chi connectivity index (χ1) is 9.16. The molecular formula is C16H25NO2. The molecule has 0 spiro atoms. The van der Waals surface area contributed by atoms with Gasteiger partial charge in [-0.15, -0.1) is 0 Å². The van der Waals surface area contributed by atoms with Crippen LogP contribution in [0, 0.1) is 5.41 Å². The van der Waals surface area contributed by atoms with Gasteiger partial charge in [0, 0.05) is 18.6 Å². The van der Waals surface area contributed by atoms with Crippen LogP contribution in [0.2, 0.25) is 0 Å². The number of rotatable bonds is 6. The van der Waals surface area contributed by atoms with Crippen LogP contribution in [-0.2, 0) is 11.2 Å². The molecule has 1 heterocycles. The number of phenols is 1. The van der Waals surface area contributed by atoms with E-state index < -0.39 is 0 Å². The van der Waals surface area contributed by atoms with Crippen molar-refractivity contribution in [2.24, 2.45) is 5.41 Å². The molecule has 2 unspecified atom stereocenters. The number of aromatic hydroxyl groups is 1. The molecule has 1 fully saturated rings. The molecule has 1 saturated heterocycles. The molecular weight excluding hydrogens is 238 g/mol. The number of benzene rings is 1. The lowest BCUT2D eigenvalue weighted by Gasteiger charge is -2.33. The second-order valence-electron chi connectivity index (χ2n) is 5.65. The van der Waals surface area contributed by atoms with Gasteiger partial charge in [0.05, 0.1) is 6.10 Å². The van der Waals surface area contributed by atoms with Crippen LogP contribution in [-0.4, -0.2) is 30.9 Å². The summed E-state index contributed by atoms with van der Waals surface area (Å²) in [6.07, 6.45) is 3.45. The van der Waals surface area contributed by atoms with Gasteiger partial charge in [0.25, 0.3) is 0 Å². The summed E-state index contributed by atoms with van der Waals surface area (Å²) in [5.74, 6) is 0.348. The van der Waals surface area contributed by atoms with Gasteiger partial charge in [0.1, 0.15) is 5.75 Å². The summed E-state index contributed by atoms with van der Waals surface area (Å²) in [5, 5.41) is 13.1. The summed E-state index contributed by atoms with van der Waals surface area (Å²) in [5.41, 5.74) is 1.35. The van der Waals surface area contributed by atoms with Crippen molar-refractivity contribution in [3.05, 3.63) is 29.8 Å². The molecule has 19 heavy (non-hydrogen) atoms. The Hall–Kier alpha value is -1.06. The van der Waals surface area contributed by atoms with Gasteiger partial charge < -0.3 is 15.2 Å². The molecule has 1 aromatic rings. The van der Waals surface area contributed by atoms with Crippen LogP contribution in [0.3, 0.4) is 0 Å². The molecule has 0 aromatic heterocycles. The first-order valence-electron chi connectivity index (χ1n) is 7.26. The number of nitrogens with one attached hydrogen (secondary N) is 1. The minimum absolute atomic E-state index is 0.156. The maximum absolute atomic E-state index is 9.60. The minimum Gasteiger partial charge on any atom is -0.508 e. The molecule has 3 heteroatoms. The molecule has 1 aliphatic rings. The fourth-order valence-electron chi connectivity index (χ4n) is 2.93. The lowest BCUT2D eigenvalue weighted by Crippen LogP contribution is -2.41. The number of ether oxygens (including phenoxy) is 1. The SMILES string of the molecule is CCCNCC1(Cc2cccc(O)c2)CCOC1C. The summed E-state index contributed by atoms with van der Waals surface area (Å²) < 4.78 is 5.80. The van der Waals surface area contributed by atoms with Crippen LogP contribution < -0.4 is 5.32 Å². The van der Waals surface area contributed by atoms with Crippen LogP contribution in [0.25, 0.3) is 0 Å². The van der Waals surface area contributed by atoms with E-state index in [2.05, 4.69) is 25.2 Å². The summed E-state index contributed by atoms with van der Waals surface area (Å²) in [4.78, 5) is 0. The molecule has 0 saturated carbocycles. The van der Waals surface area contributed by atoms with Crippen LogP contribution in [0.5, 0.6) is 5.75 Å². The highest BCUT2D eigenvalue weighted by Gasteiger charge is 2.41. The first kappa shape index (κ1) is 14.4. The Balaban J connectivity index is 2.09. The van der Waals surface area contributed by atoms with Gasteiger partial charge in [-0.3, -0.25) is 0 Å². The Morgan fingerprint density at radius 2 is 2.32 bits per heavy atom. The normalized spacial score (nSPS) is 26.7. The number of phenolic OH excluding ortho intramolecular Hbond substituents is 1. The monoisotopic (exact) mass is 263 g/mol. The van der Waals surface area contributed by atoms with Crippen LogP contribution in [0.1, 0.15) is 32.3 Å². The maximum Gasteiger partial charge on any atom is 0.115 e. The highest BCUT2D eigenvalue weighted by molar-refractivity contribution is 5.28. The quantitative estimate of drug-likeness (QED) is 0.775. The Bertz CT molecular complexity index is 407. The van der Waals surface area contributed by atoms with Crippen LogP contribution >= 0.6 is 0 Å². The topological polar surface area (TPSA) is 41.5 Å². The van der Waals surface area contributed by atoms with Crippen molar-refractivity contribution < 1.29 is 9.84 Å². The summed E-state index contributed by atoms with van der Waals surface area (Å²) >= 11 is 0. The molecule has 2 N–H and O–H groups in total. The molecule has 0 aliphatic carbocycles. The third-order valence-corrected chi connectivity index (χ3v) is 4.20.